The smallest absolute Gasteiger partial charge is 0.258 e. The van der Waals surface area contributed by atoms with E-state index in [-0.39, 0.29) is 19.1 Å². The summed E-state index contributed by atoms with van der Waals surface area (Å²) in [6.07, 6.45) is 0. The molecule has 0 saturated heterocycles. The molecule has 2 N–H and O–H groups in total. The molecule has 4 nitrogen and oxygen atoms in total. The van der Waals surface area contributed by atoms with Crippen LogP contribution in [0.25, 0.3) is 0 Å². The van der Waals surface area contributed by atoms with Crippen LogP contribution >= 0.6 is 0 Å². The Hall–Kier alpha value is -2.33. The molecular weight excluding hydrogens is 266 g/mol. The lowest BCUT2D eigenvalue weighted by Gasteiger charge is -2.17. The summed E-state index contributed by atoms with van der Waals surface area (Å²) in [5.74, 6) is 0.393. The van der Waals surface area contributed by atoms with E-state index in [4.69, 9.17) is 4.74 Å². The van der Waals surface area contributed by atoms with Gasteiger partial charge in [-0.1, -0.05) is 42.5 Å². The molecule has 0 radical (unpaired) electrons. The van der Waals surface area contributed by atoms with Crippen LogP contribution in [-0.2, 0) is 4.79 Å². The Bertz CT molecular complexity index is 584. The van der Waals surface area contributed by atoms with Gasteiger partial charge in [-0.25, -0.2) is 0 Å². The third kappa shape index (κ3) is 4.61. The second-order valence-corrected chi connectivity index (χ2v) is 4.82. The third-order valence-corrected chi connectivity index (χ3v) is 3.08. The summed E-state index contributed by atoms with van der Waals surface area (Å²) in [6.45, 7) is 1.73. The molecule has 0 aliphatic heterocycles. The first kappa shape index (κ1) is 15.1. The van der Waals surface area contributed by atoms with Gasteiger partial charge in [-0.15, -0.1) is 0 Å². The number of nitrogens with one attached hydrogen (secondary N) is 1. The normalized spacial score (nSPS) is 11.7. The molecule has 0 fully saturated rings. The van der Waals surface area contributed by atoms with Gasteiger partial charge >= 0.3 is 0 Å². The Morgan fingerprint density at radius 1 is 1.19 bits per heavy atom. The molecule has 110 valence electrons. The second kappa shape index (κ2) is 7.45. The number of hydrogen-bond acceptors (Lipinski definition) is 3. The van der Waals surface area contributed by atoms with E-state index in [0.29, 0.717) is 5.75 Å². The SMILES string of the molecule is Cc1cccc(OCC(=O)N[C@@H](CO)c2ccccc2)c1. The predicted octanol–water partition coefficient (Wildman–Crippen LogP) is 2.22. The van der Waals surface area contributed by atoms with Crippen LogP contribution in [0.1, 0.15) is 17.2 Å². The van der Waals surface area contributed by atoms with Gasteiger partial charge in [0, 0.05) is 0 Å². The zero-order chi connectivity index (χ0) is 15.1. The van der Waals surface area contributed by atoms with Crippen LogP contribution in [0.2, 0.25) is 0 Å². The summed E-state index contributed by atoms with van der Waals surface area (Å²) >= 11 is 0. The van der Waals surface area contributed by atoms with E-state index < -0.39 is 6.04 Å². The summed E-state index contributed by atoms with van der Waals surface area (Å²) in [5, 5.41) is 12.1. The average molecular weight is 285 g/mol. The standard InChI is InChI=1S/C17H19NO3/c1-13-6-5-9-15(10-13)21-12-17(20)18-16(11-19)14-7-3-2-4-8-14/h2-10,16,19H,11-12H2,1H3,(H,18,20)/t16-/m0/s1. The molecule has 2 aromatic carbocycles. The Balaban J connectivity index is 1.89. The number of benzene rings is 2. The van der Waals surface area contributed by atoms with Gasteiger partial charge < -0.3 is 15.2 Å². The maximum atomic E-state index is 11.9. The summed E-state index contributed by atoms with van der Waals surface area (Å²) < 4.78 is 5.44. The number of carbonyl (C=O) groups is 1. The van der Waals surface area contributed by atoms with Crippen molar-refractivity contribution in [3.63, 3.8) is 0 Å². The summed E-state index contributed by atoms with van der Waals surface area (Å²) in [4.78, 5) is 11.9. The van der Waals surface area contributed by atoms with Crippen molar-refractivity contribution in [2.75, 3.05) is 13.2 Å². The van der Waals surface area contributed by atoms with E-state index in [0.717, 1.165) is 11.1 Å². The minimum atomic E-state index is -0.417. The van der Waals surface area contributed by atoms with Crippen LogP contribution in [0, 0.1) is 6.92 Å². The number of hydrogen-bond donors (Lipinski definition) is 2. The molecule has 21 heavy (non-hydrogen) atoms. The Kier molecular flexibility index (Phi) is 5.35. The number of rotatable bonds is 6. The first-order chi connectivity index (χ1) is 10.2. The largest absolute Gasteiger partial charge is 0.484 e. The van der Waals surface area contributed by atoms with E-state index in [9.17, 15) is 9.90 Å². The number of amides is 1. The monoisotopic (exact) mass is 285 g/mol. The van der Waals surface area contributed by atoms with Gasteiger partial charge in [-0.05, 0) is 30.2 Å². The molecular formula is C17H19NO3. The van der Waals surface area contributed by atoms with Crippen LogP contribution in [0.3, 0.4) is 0 Å². The van der Waals surface area contributed by atoms with Crippen LogP contribution in [0.15, 0.2) is 54.6 Å². The molecule has 0 saturated carbocycles. The minimum absolute atomic E-state index is 0.0766. The molecule has 4 heteroatoms. The Morgan fingerprint density at radius 3 is 2.62 bits per heavy atom. The summed E-state index contributed by atoms with van der Waals surface area (Å²) in [7, 11) is 0. The molecule has 0 aliphatic carbocycles. The molecule has 0 aliphatic rings. The lowest BCUT2D eigenvalue weighted by Crippen LogP contribution is -2.34. The predicted molar refractivity (Wildman–Crippen MR) is 81.1 cm³/mol. The molecule has 0 bridgehead atoms. The molecule has 0 spiro atoms. The number of aliphatic hydroxyl groups excluding tert-OH is 1. The first-order valence-electron chi connectivity index (χ1n) is 6.83. The van der Waals surface area contributed by atoms with Gasteiger partial charge in [0.2, 0.25) is 0 Å². The topological polar surface area (TPSA) is 58.6 Å². The van der Waals surface area contributed by atoms with E-state index in [2.05, 4.69) is 5.32 Å². The highest BCUT2D eigenvalue weighted by atomic mass is 16.5. The van der Waals surface area contributed by atoms with Crippen molar-refractivity contribution in [3.05, 3.63) is 65.7 Å². The van der Waals surface area contributed by atoms with Crippen molar-refractivity contribution in [2.24, 2.45) is 0 Å². The van der Waals surface area contributed by atoms with Crippen molar-refractivity contribution in [1.29, 1.82) is 0 Å². The van der Waals surface area contributed by atoms with Crippen molar-refractivity contribution < 1.29 is 14.6 Å². The van der Waals surface area contributed by atoms with E-state index in [1.807, 2.05) is 55.5 Å². The van der Waals surface area contributed by atoms with Gasteiger partial charge in [-0.3, -0.25) is 4.79 Å². The zero-order valence-corrected chi connectivity index (χ0v) is 12.0. The lowest BCUT2D eigenvalue weighted by molar-refractivity contribution is -0.124. The minimum Gasteiger partial charge on any atom is -0.484 e. The highest BCUT2D eigenvalue weighted by molar-refractivity contribution is 5.78. The zero-order valence-electron chi connectivity index (χ0n) is 12.0. The highest BCUT2D eigenvalue weighted by Crippen LogP contribution is 2.13. The molecule has 1 atom stereocenters. The number of carbonyl (C=O) groups excluding carboxylic acids is 1. The van der Waals surface area contributed by atoms with Gasteiger partial charge in [0.1, 0.15) is 5.75 Å². The molecule has 0 aromatic heterocycles. The Morgan fingerprint density at radius 2 is 1.95 bits per heavy atom. The van der Waals surface area contributed by atoms with Crippen molar-refractivity contribution >= 4 is 5.91 Å². The lowest BCUT2D eigenvalue weighted by atomic mass is 10.1. The average Bonchev–Trinajstić information content (AvgIpc) is 2.51. The fourth-order valence-electron chi connectivity index (χ4n) is 2.01. The number of aliphatic hydroxyl groups is 1. The van der Waals surface area contributed by atoms with Gasteiger partial charge in [0.25, 0.3) is 5.91 Å². The van der Waals surface area contributed by atoms with E-state index in [1.54, 1.807) is 6.07 Å². The van der Waals surface area contributed by atoms with Gasteiger partial charge in [-0.2, -0.15) is 0 Å². The number of aryl methyl sites for hydroxylation is 1. The summed E-state index contributed by atoms with van der Waals surface area (Å²) in [5.41, 5.74) is 1.94. The number of ether oxygens (including phenoxy) is 1. The maximum Gasteiger partial charge on any atom is 0.258 e. The van der Waals surface area contributed by atoms with Gasteiger partial charge in [0.05, 0.1) is 12.6 Å². The fraction of sp³-hybridized carbons (Fsp3) is 0.235. The molecule has 0 heterocycles. The second-order valence-electron chi connectivity index (χ2n) is 4.82. The van der Waals surface area contributed by atoms with Crippen LogP contribution in [0.4, 0.5) is 0 Å². The van der Waals surface area contributed by atoms with Crippen LogP contribution in [-0.4, -0.2) is 24.2 Å². The van der Waals surface area contributed by atoms with Crippen molar-refractivity contribution in [2.45, 2.75) is 13.0 Å². The van der Waals surface area contributed by atoms with Crippen LogP contribution < -0.4 is 10.1 Å². The fourth-order valence-corrected chi connectivity index (χ4v) is 2.01. The molecule has 1 amide bonds. The summed E-state index contributed by atoms with van der Waals surface area (Å²) in [6, 6.07) is 16.5. The molecule has 2 aromatic rings. The van der Waals surface area contributed by atoms with Gasteiger partial charge in [0.15, 0.2) is 6.61 Å². The highest BCUT2D eigenvalue weighted by Gasteiger charge is 2.13. The van der Waals surface area contributed by atoms with Crippen molar-refractivity contribution in [1.82, 2.24) is 5.32 Å². The Labute approximate surface area is 124 Å². The molecule has 0 unspecified atom stereocenters. The first-order valence-corrected chi connectivity index (χ1v) is 6.83. The van der Waals surface area contributed by atoms with E-state index >= 15 is 0 Å². The van der Waals surface area contributed by atoms with Crippen LogP contribution in [0.5, 0.6) is 5.75 Å². The van der Waals surface area contributed by atoms with Crippen molar-refractivity contribution in [3.8, 4) is 5.75 Å². The van der Waals surface area contributed by atoms with E-state index in [1.165, 1.54) is 0 Å². The third-order valence-electron chi connectivity index (χ3n) is 3.08. The molecule has 2 rings (SSSR count). The quantitative estimate of drug-likeness (QED) is 0.855. The maximum absolute atomic E-state index is 11.9.